The predicted octanol–water partition coefficient (Wildman–Crippen LogP) is 4.74. The number of likely N-dealkylation sites (tertiary alicyclic amines) is 1. The Morgan fingerprint density at radius 3 is 2.56 bits per heavy atom. The zero-order valence-corrected chi connectivity index (χ0v) is 26.1. The summed E-state index contributed by atoms with van der Waals surface area (Å²) in [7, 11) is 1.59. The molecular formula is C31H41BrN2O6S. The summed E-state index contributed by atoms with van der Waals surface area (Å²) < 4.78 is 10.2. The van der Waals surface area contributed by atoms with Crippen LogP contribution >= 0.6 is 27.7 Å². The molecule has 2 amide bonds. The van der Waals surface area contributed by atoms with Crippen molar-refractivity contribution in [1.29, 1.82) is 0 Å². The zero-order chi connectivity index (χ0) is 29.6. The van der Waals surface area contributed by atoms with E-state index >= 15 is 0 Å². The van der Waals surface area contributed by atoms with E-state index in [1.165, 1.54) is 0 Å². The third-order valence-electron chi connectivity index (χ3n) is 8.36. The van der Waals surface area contributed by atoms with Crippen LogP contribution in [0.1, 0.15) is 44.9 Å². The SMILES string of the molecule is C=CCCCOC(=O)[C@H]1[C@@H]2SC3(CC2Br)C(C(=O)N(CC=C)c2ccc(OC)cc2)N(CCCCCCO)C(=O)[C@H]13. The molecule has 224 valence electrons. The molecule has 3 unspecified atom stereocenters. The first-order chi connectivity index (χ1) is 19.8. The summed E-state index contributed by atoms with van der Waals surface area (Å²) in [6, 6.07) is 6.55. The van der Waals surface area contributed by atoms with E-state index < -0.39 is 22.6 Å². The Bertz CT molecular complexity index is 1120. The number of benzene rings is 1. The highest BCUT2D eigenvalue weighted by Gasteiger charge is 2.76. The summed E-state index contributed by atoms with van der Waals surface area (Å²) >= 11 is 5.42. The van der Waals surface area contributed by atoms with E-state index in [1.54, 1.807) is 53.0 Å². The summed E-state index contributed by atoms with van der Waals surface area (Å²) in [6.45, 7) is 8.71. The number of hydrogen-bond donors (Lipinski definition) is 1. The number of esters is 1. The molecule has 3 aliphatic heterocycles. The Balaban J connectivity index is 1.68. The predicted molar refractivity (Wildman–Crippen MR) is 165 cm³/mol. The maximum atomic E-state index is 14.6. The lowest BCUT2D eigenvalue weighted by molar-refractivity contribution is -0.154. The average Bonchev–Trinajstić information content (AvgIpc) is 3.57. The van der Waals surface area contributed by atoms with Crippen molar-refractivity contribution in [3.8, 4) is 5.75 Å². The Hall–Kier alpha value is -2.30. The fourth-order valence-corrected chi connectivity index (χ4v) is 10.1. The number of amides is 2. The van der Waals surface area contributed by atoms with E-state index in [9.17, 15) is 19.5 Å². The number of nitrogens with zero attached hydrogens (tertiary/aromatic N) is 2. The summed E-state index contributed by atoms with van der Waals surface area (Å²) in [5.41, 5.74) is 0.692. The molecule has 0 radical (unpaired) electrons. The van der Waals surface area contributed by atoms with Crippen molar-refractivity contribution >= 4 is 51.2 Å². The number of carbonyl (C=O) groups is 3. The number of methoxy groups -OCH3 is 1. The average molecular weight is 650 g/mol. The highest BCUT2D eigenvalue weighted by atomic mass is 79.9. The lowest BCUT2D eigenvalue weighted by Crippen LogP contribution is -2.55. The number of ether oxygens (including phenoxy) is 2. The number of allylic oxidation sites excluding steroid dienone is 1. The number of aliphatic hydroxyl groups excluding tert-OH is 1. The fourth-order valence-electron chi connectivity index (χ4n) is 6.52. The molecule has 6 atom stereocenters. The Morgan fingerprint density at radius 1 is 1.17 bits per heavy atom. The molecule has 10 heteroatoms. The van der Waals surface area contributed by atoms with E-state index in [0.717, 1.165) is 19.3 Å². The second kappa shape index (κ2) is 14.2. The third-order valence-corrected chi connectivity index (χ3v) is 11.6. The van der Waals surface area contributed by atoms with Gasteiger partial charge in [-0.3, -0.25) is 14.4 Å². The molecular weight excluding hydrogens is 608 g/mol. The molecule has 1 aromatic carbocycles. The minimum atomic E-state index is -0.741. The molecule has 1 aromatic rings. The fraction of sp³-hybridized carbons (Fsp3) is 0.581. The van der Waals surface area contributed by atoms with Crippen LogP contribution < -0.4 is 9.64 Å². The quantitative estimate of drug-likeness (QED) is 0.120. The minimum Gasteiger partial charge on any atom is -0.497 e. The van der Waals surface area contributed by atoms with Crippen LogP contribution in [0.4, 0.5) is 5.69 Å². The highest BCUT2D eigenvalue weighted by Crippen LogP contribution is 2.68. The molecule has 0 aromatic heterocycles. The van der Waals surface area contributed by atoms with E-state index in [0.29, 0.717) is 43.7 Å². The molecule has 8 nitrogen and oxygen atoms in total. The largest absolute Gasteiger partial charge is 0.497 e. The van der Waals surface area contributed by atoms with Crippen molar-refractivity contribution in [3.63, 3.8) is 0 Å². The summed E-state index contributed by atoms with van der Waals surface area (Å²) in [4.78, 5) is 45.7. The van der Waals surface area contributed by atoms with Crippen LogP contribution in [0.3, 0.4) is 0 Å². The first kappa shape index (κ1) is 31.6. The maximum absolute atomic E-state index is 14.6. The van der Waals surface area contributed by atoms with Gasteiger partial charge in [0.1, 0.15) is 11.8 Å². The van der Waals surface area contributed by atoms with Crippen LogP contribution in [0, 0.1) is 11.8 Å². The van der Waals surface area contributed by atoms with Crippen molar-refractivity contribution < 1.29 is 29.0 Å². The zero-order valence-electron chi connectivity index (χ0n) is 23.7. The number of alkyl halides is 1. The van der Waals surface area contributed by atoms with Crippen LogP contribution in [-0.4, -0.2) is 82.1 Å². The van der Waals surface area contributed by atoms with Crippen molar-refractivity contribution in [3.05, 3.63) is 49.6 Å². The standard InChI is InChI=1S/C31H41BrN2O6S/c1-4-6-11-19-40-30(38)24-25-28(36)34(17-9-7-8-10-18-35)27(31(25)20-23(32)26(24)41-31)29(37)33(16-5-2)21-12-14-22(39-3)15-13-21/h4-5,12-15,23-27,35H,1-2,6-11,16-20H2,3H3/t23?,24-,25+,26-,27?,31?/m1/s1. The van der Waals surface area contributed by atoms with Gasteiger partial charge in [-0.05, 0) is 56.4 Å². The lowest BCUT2D eigenvalue weighted by Gasteiger charge is -2.37. The van der Waals surface area contributed by atoms with Crippen LogP contribution in [-0.2, 0) is 19.1 Å². The molecule has 0 saturated carbocycles. The maximum Gasteiger partial charge on any atom is 0.310 e. The second-order valence-electron chi connectivity index (χ2n) is 10.9. The Morgan fingerprint density at radius 2 is 1.90 bits per heavy atom. The number of anilines is 1. The molecule has 41 heavy (non-hydrogen) atoms. The Kier molecular flexibility index (Phi) is 11.0. The monoisotopic (exact) mass is 648 g/mol. The van der Waals surface area contributed by atoms with Gasteiger partial charge in [-0.1, -0.05) is 40.9 Å². The van der Waals surface area contributed by atoms with Gasteiger partial charge in [0, 0.05) is 35.5 Å². The van der Waals surface area contributed by atoms with Gasteiger partial charge in [0.05, 0.1) is 30.3 Å². The van der Waals surface area contributed by atoms with Crippen molar-refractivity contribution in [2.75, 3.05) is 38.3 Å². The molecule has 1 spiro atoms. The van der Waals surface area contributed by atoms with Gasteiger partial charge in [-0.15, -0.1) is 24.9 Å². The Labute approximate surface area is 255 Å². The van der Waals surface area contributed by atoms with Gasteiger partial charge in [-0.2, -0.15) is 0 Å². The molecule has 3 heterocycles. The molecule has 3 aliphatic rings. The van der Waals surface area contributed by atoms with E-state index in [2.05, 4.69) is 29.1 Å². The third kappa shape index (κ3) is 6.25. The molecule has 1 N–H and O–H groups in total. The molecule has 4 rings (SSSR count). The number of thioether (sulfide) groups is 1. The number of hydrogen-bond acceptors (Lipinski definition) is 7. The molecule has 2 bridgehead atoms. The number of halogens is 1. The van der Waals surface area contributed by atoms with Gasteiger partial charge >= 0.3 is 5.97 Å². The topological polar surface area (TPSA) is 96.4 Å². The minimum absolute atomic E-state index is 0.0177. The van der Waals surface area contributed by atoms with Gasteiger partial charge < -0.3 is 24.4 Å². The van der Waals surface area contributed by atoms with Crippen LogP contribution in [0.15, 0.2) is 49.6 Å². The smallest absolute Gasteiger partial charge is 0.310 e. The van der Waals surface area contributed by atoms with Crippen molar-refractivity contribution in [2.45, 2.75) is 65.8 Å². The van der Waals surface area contributed by atoms with Crippen molar-refractivity contribution in [1.82, 2.24) is 4.90 Å². The van der Waals surface area contributed by atoms with Crippen LogP contribution in [0.2, 0.25) is 0 Å². The van der Waals surface area contributed by atoms with E-state index in [4.69, 9.17) is 9.47 Å². The number of unbranched alkanes of at least 4 members (excludes halogenated alkanes) is 4. The van der Waals surface area contributed by atoms with Gasteiger partial charge in [0.25, 0.3) is 5.91 Å². The number of fused-ring (bicyclic) bond motifs is 1. The molecule has 0 aliphatic carbocycles. The van der Waals surface area contributed by atoms with Gasteiger partial charge in [0.2, 0.25) is 5.91 Å². The van der Waals surface area contributed by atoms with Crippen LogP contribution in [0.5, 0.6) is 5.75 Å². The van der Waals surface area contributed by atoms with E-state index in [-0.39, 0.29) is 47.6 Å². The van der Waals surface area contributed by atoms with E-state index in [1.807, 2.05) is 12.1 Å². The second-order valence-corrected chi connectivity index (χ2v) is 13.6. The normalized spacial score (nSPS) is 27.9. The number of rotatable bonds is 16. The van der Waals surface area contributed by atoms with Gasteiger partial charge in [0.15, 0.2) is 0 Å². The highest BCUT2D eigenvalue weighted by molar-refractivity contribution is 9.09. The number of aliphatic hydroxyl groups is 1. The first-order valence-corrected chi connectivity index (χ1v) is 16.2. The summed E-state index contributed by atoms with van der Waals surface area (Å²) in [5.74, 6) is -1.22. The van der Waals surface area contributed by atoms with Gasteiger partial charge in [-0.25, -0.2) is 0 Å². The summed E-state index contributed by atoms with van der Waals surface area (Å²) in [6.07, 6.45) is 8.61. The first-order valence-electron chi connectivity index (χ1n) is 14.4. The lowest BCUT2D eigenvalue weighted by atomic mass is 9.71. The molecule has 3 fully saturated rings. The molecule has 3 saturated heterocycles. The summed E-state index contributed by atoms with van der Waals surface area (Å²) in [5, 5.41) is 9.03. The van der Waals surface area contributed by atoms with Crippen LogP contribution in [0.25, 0.3) is 0 Å². The number of carbonyl (C=O) groups excluding carboxylic acids is 3. The van der Waals surface area contributed by atoms with Crippen molar-refractivity contribution in [2.24, 2.45) is 11.8 Å².